The second kappa shape index (κ2) is 5.05. The number of hydrogen-bond donors (Lipinski definition) is 0. The van der Waals surface area contributed by atoms with Crippen molar-refractivity contribution in [2.24, 2.45) is 5.11 Å². The Morgan fingerprint density at radius 2 is 2.60 bits per heavy atom. The molecule has 0 aromatic carbocycles. The molecule has 0 fully saturated rings. The lowest BCUT2D eigenvalue weighted by Gasteiger charge is -2.03. The summed E-state index contributed by atoms with van der Waals surface area (Å²) in [4.78, 5) is 12.7. The van der Waals surface area contributed by atoms with Crippen molar-refractivity contribution in [3.63, 3.8) is 0 Å². The van der Waals surface area contributed by atoms with Crippen LogP contribution in [0.1, 0.15) is 6.92 Å². The van der Waals surface area contributed by atoms with Crippen LogP contribution in [0.25, 0.3) is 10.4 Å². The van der Waals surface area contributed by atoms with Gasteiger partial charge in [0, 0.05) is 11.5 Å². The summed E-state index contributed by atoms with van der Waals surface area (Å²) in [6, 6.07) is 0. The summed E-state index contributed by atoms with van der Waals surface area (Å²) in [5, 5.41) is 2.18. The molecule has 0 saturated carbocycles. The van der Waals surface area contributed by atoms with E-state index >= 15 is 0 Å². The van der Waals surface area contributed by atoms with Gasteiger partial charge in [-0.15, -0.1) is 0 Å². The monoisotopic (exact) mass is 163 g/mol. The van der Waals surface area contributed by atoms with Crippen LogP contribution in [0.4, 0.5) is 0 Å². The molecule has 0 heterocycles. The molecule has 0 N–H and O–H groups in total. The van der Waals surface area contributed by atoms with Gasteiger partial charge in [0.2, 0.25) is 6.23 Å². The summed E-state index contributed by atoms with van der Waals surface area (Å²) < 4.78 is 4.64. The first-order chi connectivity index (χ1) is 4.72. The van der Waals surface area contributed by atoms with E-state index in [0.29, 0.717) is 0 Å². The largest absolute Gasteiger partial charge is 0.364 e. The molecular weight excluding hydrogens is 158 g/mol. The lowest BCUT2D eigenvalue weighted by molar-refractivity contribution is -0.121. The molecule has 10 heavy (non-hydrogen) atoms. The van der Waals surface area contributed by atoms with Crippen molar-refractivity contribution in [1.29, 1.82) is 0 Å². The number of carbonyl (C=O) groups excluding carboxylic acids is 1. The zero-order valence-corrected chi connectivity index (χ0v) is 6.08. The van der Waals surface area contributed by atoms with E-state index in [9.17, 15) is 4.79 Å². The van der Waals surface area contributed by atoms with Crippen molar-refractivity contribution in [1.82, 2.24) is 0 Å². The Hall–Kier alpha value is -0.770. The van der Waals surface area contributed by atoms with Crippen LogP contribution in [0.15, 0.2) is 5.11 Å². The van der Waals surface area contributed by atoms with Gasteiger partial charge in [0.05, 0.1) is 0 Å². The Labute approximate surface area is 62.5 Å². The van der Waals surface area contributed by atoms with Crippen LogP contribution in [0.2, 0.25) is 0 Å². The molecule has 0 aromatic rings. The van der Waals surface area contributed by atoms with Gasteiger partial charge in [0.15, 0.2) is 0 Å². The van der Waals surface area contributed by atoms with Crippen molar-refractivity contribution in [2.45, 2.75) is 13.2 Å². The number of carbonyl (C=O) groups is 1. The SMILES string of the molecule is CCOC(N=[N+]=[N-])C(=O)Cl. The maximum Gasteiger partial charge on any atom is 0.256 e. The smallest absolute Gasteiger partial charge is 0.256 e. The van der Waals surface area contributed by atoms with Crippen LogP contribution < -0.4 is 0 Å². The maximum absolute atomic E-state index is 10.3. The Bertz CT molecular complexity index is 164. The molecule has 0 bridgehead atoms. The van der Waals surface area contributed by atoms with Crippen molar-refractivity contribution in [2.75, 3.05) is 6.61 Å². The summed E-state index contributed by atoms with van der Waals surface area (Å²) in [6.07, 6.45) is -1.18. The lowest BCUT2D eigenvalue weighted by Crippen LogP contribution is -2.16. The average molecular weight is 164 g/mol. The summed E-state index contributed by atoms with van der Waals surface area (Å²) in [5.74, 6) is 0. The molecule has 0 rings (SSSR count). The summed E-state index contributed by atoms with van der Waals surface area (Å²) >= 11 is 4.97. The van der Waals surface area contributed by atoms with Gasteiger partial charge >= 0.3 is 0 Å². The van der Waals surface area contributed by atoms with E-state index in [1.165, 1.54) is 0 Å². The minimum Gasteiger partial charge on any atom is -0.364 e. The molecule has 1 unspecified atom stereocenters. The normalized spacial score (nSPS) is 11.8. The molecule has 1 atom stereocenters. The van der Waals surface area contributed by atoms with Crippen molar-refractivity contribution in [3.8, 4) is 0 Å². The van der Waals surface area contributed by atoms with E-state index in [1.807, 2.05) is 0 Å². The number of nitrogens with zero attached hydrogens (tertiary/aromatic N) is 3. The van der Waals surface area contributed by atoms with Gasteiger partial charge in [-0.05, 0) is 24.1 Å². The molecule has 56 valence electrons. The van der Waals surface area contributed by atoms with Crippen LogP contribution in [-0.4, -0.2) is 18.1 Å². The maximum atomic E-state index is 10.3. The van der Waals surface area contributed by atoms with Gasteiger partial charge in [-0.25, -0.2) is 0 Å². The molecule has 5 nitrogen and oxygen atoms in total. The molecule has 6 heteroatoms. The number of ether oxygens (including phenoxy) is 1. The number of halogens is 1. The highest BCUT2D eigenvalue weighted by Gasteiger charge is 2.12. The minimum absolute atomic E-state index is 0.280. The van der Waals surface area contributed by atoms with E-state index in [2.05, 4.69) is 14.8 Å². The van der Waals surface area contributed by atoms with E-state index < -0.39 is 11.5 Å². The third kappa shape index (κ3) is 3.29. The van der Waals surface area contributed by atoms with Crippen LogP contribution in [-0.2, 0) is 9.53 Å². The zero-order chi connectivity index (χ0) is 7.98. The molecule has 0 saturated heterocycles. The number of azide groups is 1. The Kier molecular flexibility index (Phi) is 4.66. The fraction of sp³-hybridized carbons (Fsp3) is 0.750. The van der Waals surface area contributed by atoms with E-state index in [1.54, 1.807) is 6.92 Å². The number of hydrogen-bond acceptors (Lipinski definition) is 3. The Balaban J connectivity index is 3.97. The predicted molar refractivity (Wildman–Crippen MR) is 35.4 cm³/mol. The minimum atomic E-state index is -1.18. The summed E-state index contributed by atoms with van der Waals surface area (Å²) in [5.41, 5.74) is 7.88. The second-order valence-corrected chi connectivity index (χ2v) is 1.69. The molecular formula is C4H6ClN3O2. The van der Waals surface area contributed by atoms with E-state index in [4.69, 9.17) is 17.1 Å². The van der Waals surface area contributed by atoms with Crippen LogP contribution in [0.5, 0.6) is 0 Å². The zero-order valence-electron chi connectivity index (χ0n) is 5.32. The van der Waals surface area contributed by atoms with E-state index in [0.717, 1.165) is 0 Å². The molecule has 0 spiro atoms. The van der Waals surface area contributed by atoms with Gasteiger partial charge in [0.25, 0.3) is 5.24 Å². The molecule has 0 aromatic heterocycles. The Morgan fingerprint density at radius 1 is 2.00 bits per heavy atom. The highest BCUT2D eigenvalue weighted by atomic mass is 35.5. The quantitative estimate of drug-likeness (QED) is 0.272. The molecule has 0 amide bonds. The van der Waals surface area contributed by atoms with Crippen molar-refractivity contribution < 1.29 is 9.53 Å². The second-order valence-electron chi connectivity index (χ2n) is 1.32. The first kappa shape index (κ1) is 9.23. The van der Waals surface area contributed by atoms with Crippen LogP contribution in [0.3, 0.4) is 0 Å². The van der Waals surface area contributed by atoms with E-state index in [-0.39, 0.29) is 6.61 Å². The third-order valence-corrected chi connectivity index (χ3v) is 0.862. The van der Waals surface area contributed by atoms with Gasteiger partial charge in [-0.3, -0.25) is 4.79 Å². The highest BCUT2D eigenvalue weighted by molar-refractivity contribution is 6.64. The van der Waals surface area contributed by atoms with Gasteiger partial charge in [-0.1, -0.05) is 5.11 Å². The molecule has 0 aliphatic carbocycles. The fourth-order valence-electron chi connectivity index (χ4n) is 0.349. The standard InChI is InChI=1S/C4H6ClN3O2/c1-2-10-4(3(5)9)7-8-6/h4H,2H2,1H3. The predicted octanol–water partition coefficient (Wildman–Crippen LogP) is 1.42. The molecule has 0 aliphatic rings. The van der Waals surface area contributed by atoms with Crippen molar-refractivity contribution >= 4 is 16.8 Å². The fourth-order valence-corrected chi connectivity index (χ4v) is 0.456. The molecule has 0 radical (unpaired) electrons. The van der Waals surface area contributed by atoms with Crippen molar-refractivity contribution in [3.05, 3.63) is 10.4 Å². The highest BCUT2D eigenvalue weighted by Crippen LogP contribution is 1.99. The van der Waals surface area contributed by atoms with Gasteiger partial charge < -0.3 is 4.74 Å². The third-order valence-electron chi connectivity index (χ3n) is 0.675. The summed E-state index contributed by atoms with van der Waals surface area (Å²) in [6.45, 7) is 1.95. The Morgan fingerprint density at radius 3 is 2.90 bits per heavy atom. The summed E-state index contributed by atoms with van der Waals surface area (Å²) in [7, 11) is 0. The van der Waals surface area contributed by atoms with Crippen LogP contribution in [0, 0.1) is 0 Å². The number of rotatable bonds is 4. The van der Waals surface area contributed by atoms with Gasteiger partial charge in [0.1, 0.15) is 0 Å². The topological polar surface area (TPSA) is 75.1 Å². The average Bonchev–Trinajstić information content (AvgIpc) is 1.87. The van der Waals surface area contributed by atoms with Gasteiger partial charge in [-0.2, -0.15) is 0 Å². The first-order valence-corrected chi connectivity index (χ1v) is 2.95. The lowest BCUT2D eigenvalue weighted by atomic mass is 10.6. The van der Waals surface area contributed by atoms with Crippen LogP contribution >= 0.6 is 11.6 Å². The molecule has 0 aliphatic heterocycles. The first-order valence-electron chi connectivity index (χ1n) is 2.57.